The first kappa shape index (κ1) is 30.2. The standard InChI is InChI=1S/C47H28N4S/c48-29-30-22-24-38-36(26-30)37-28-34(23-25-39(37)47(38)40-18-7-9-20-42(40)52-43-21-10-8-19-41(43)47)33-16-11-17-35(27-33)46-50-44(31-12-3-1-4-13-31)49-45(51-46)32-14-5-2-6-15-32/h1-28H. The van der Waals surface area contributed by atoms with Gasteiger partial charge in [0.15, 0.2) is 17.5 Å². The minimum atomic E-state index is -0.496. The zero-order valence-corrected chi connectivity index (χ0v) is 28.7. The predicted molar refractivity (Wildman–Crippen MR) is 208 cm³/mol. The second-order valence-corrected chi connectivity index (χ2v) is 14.2. The molecule has 52 heavy (non-hydrogen) atoms. The Morgan fingerprint density at radius 2 is 0.885 bits per heavy atom. The normalized spacial score (nSPS) is 13.1. The van der Waals surface area contributed by atoms with Gasteiger partial charge in [-0.15, -0.1) is 0 Å². The first-order valence-electron chi connectivity index (χ1n) is 17.2. The third-order valence-corrected chi connectivity index (χ3v) is 11.4. The lowest BCUT2D eigenvalue weighted by molar-refractivity contribution is 0.722. The van der Waals surface area contributed by atoms with Crippen LogP contribution in [0.2, 0.25) is 0 Å². The molecule has 0 saturated heterocycles. The maximum Gasteiger partial charge on any atom is 0.164 e. The highest BCUT2D eigenvalue weighted by atomic mass is 32.2. The van der Waals surface area contributed by atoms with Crippen molar-refractivity contribution in [2.45, 2.75) is 15.2 Å². The van der Waals surface area contributed by atoms with Crippen molar-refractivity contribution in [3.8, 4) is 62.5 Å². The number of hydrogen-bond acceptors (Lipinski definition) is 5. The van der Waals surface area contributed by atoms with Crippen LogP contribution in [0.5, 0.6) is 0 Å². The summed E-state index contributed by atoms with van der Waals surface area (Å²) < 4.78 is 0. The molecular weight excluding hydrogens is 653 g/mol. The maximum absolute atomic E-state index is 10.0. The summed E-state index contributed by atoms with van der Waals surface area (Å²) in [4.78, 5) is 17.4. The number of fused-ring (bicyclic) bond motifs is 9. The number of nitriles is 1. The van der Waals surface area contributed by atoms with Crippen molar-refractivity contribution in [2.75, 3.05) is 0 Å². The van der Waals surface area contributed by atoms with Crippen LogP contribution in [0, 0.1) is 11.3 Å². The van der Waals surface area contributed by atoms with E-state index >= 15 is 0 Å². The molecule has 7 aromatic carbocycles. The van der Waals surface area contributed by atoms with E-state index in [0.29, 0.717) is 23.0 Å². The van der Waals surface area contributed by atoms with E-state index in [9.17, 15) is 5.26 Å². The predicted octanol–water partition coefficient (Wildman–Crippen LogP) is 11.2. The monoisotopic (exact) mass is 680 g/mol. The van der Waals surface area contributed by atoms with E-state index < -0.39 is 5.41 Å². The molecule has 0 atom stereocenters. The summed E-state index contributed by atoms with van der Waals surface area (Å²) in [6, 6.07) is 61.5. The van der Waals surface area contributed by atoms with Crippen molar-refractivity contribution in [3.05, 3.63) is 198 Å². The fraction of sp³-hybridized carbons (Fsp3) is 0.0213. The van der Waals surface area contributed by atoms with Gasteiger partial charge in [0.05, 0.1) is 17.0 Å². The fourth-order valence-electron chi connectivity index (χ4n) is 7.93. The lowest BCUT2D eigenvalue weighted by Crippen LogP contribution is -2.31. The summed E-state index contributed by atoms with van der Waals surface area (Å²) in [5.41, 5.74) is 12.3. The molecule has 0 unspecified atom stereocenters. The average molecular weight is 681 g/mol. The quantitative estimate of drug-likeness (QED) is 0.185. The first-order chi connectivity index (χ1) is 25.7. The van der Waals surface area contributed by atoms with E-state index in [1.165, 1.54) is 32.0 Å². The maximum atomic E-state index is 10.0. The SMILES string of the molecule is N#Cc1ccc2c(c1)-c1cc(-c3cccc(-c4nc(-c5ccccc5)nc(-c5ccccc5)n4)c3)ccc1C21c2ccccc2Sc2ccccc21. The Morgan fingerprint density at radius 3 is 1.50 bits per heavy atom. The van der Waals surface area contributed by atoms with Crippen molar-refractivity contribution in [1.82, 2.24) is 15.0 Å². The molecule has 1 spiro atoms. The number of hydrogen-bond donors (Lipinski definition) is 0. The Balaban J connectivity index is 1.15. The number of benzene rings is 7. The Kier molecular flexibility index (Phi) is 6.99. The Morgan fingerprint density at radius 1 is 0.404 bits per heavy atom. The number of rotatable bonds is 4. The lowest BCUT2D eigenvalue weighted by Gasteiger charge is -2.39. The van der Waals surface area contributed by atoms with Crippen LogP contribution in [0.4, 0.5) is 0 Å². The molecule has 0 bridgehead atoms. The van der Waals surface area contributed by atoms with Gasteiger partial charge in [-0.1, -0.05) is 145 Å². The Labute approximate surface area is 306 Å². The van der Waals surface area contributed by atoms with Gasteiger partial charge in [-0.2, -0.15) is 5.26 Å². The topological polar surface area (TPSA) is 62.5 Å². The van der Waals surface area contributed by atoms with E-state index in [4.69, 9.17) is 15.0 Å². The van der Waals surface area contributed by atoms with E-state index in [1.54, 1.807) is 0 Å². The van der Waals surface area contributed by atoms with Crippen LogP contribution < -0.4 is 0 Å². The summed E-state index contributed by atoms with van der Waals surface area (Å²) >= 11 is 1.83. The molecule has 1 aromatic heterocycles. The molecule has 8 aromatic rings. The average Bonchev–Trinajstić information content (AvgIpc) is 3.50. The summed E-state index contributed by atoms with van der Waals surface area (Å²) in [5.74, 6) is 1.88. The molecule has 0 saturated carbocycles. The third-order valence-electron chi connectivity index (χ3n) is 10.2. The fourth-order valence-corrected chi connectivity index (χ4v) is 9.13. The van der Waals surface area contributed by atoms with E-state index in [-0.39, 0.29) is 0 Å². The highest BCUT2D eigenvalue weighted by Crippen LogP contribution is 2.62. The zero-order valence-electron chi connectivity index (χ0n) is 27.9. The number of nitrogens with zero attached hydrogens (tertiary/aromatic N) is 4. The molecule has 5 heteroatoms. The van der Waals surface area contributed by atoms with Gasteiger partial charge in [-0.3, -0.25) is 0 Å². The second kappa shape index (κ2) is 12.0. The van der Waals surface area contributed by atoms with E-state index in [2.05, 4.69) is 109 Å². The van der Waals surface area contributed by atoms with Crippen molar-refractivity contribution in [3.63, 3.8) is 0 Å². The highest BCUT2D eigenvalue weighted by Gasteiger charge is 2.50. The van der Waals surface area contributed by atoms with Gasteiger partial charge < -0.3 is 0 Å². The van der Waals surface area contributed by atoms with Gasteiger partial charge in [0, 0.05) is 26.5 Å². The molecule has 0 radical (unpaired) electrons. The molecule has 1 aliphatic carbocycles. The van der Waals surface area contributed by atoms with Crippen LogP contribution in [0.15, 0.2) is 180 Å². The van der Waals surface area contributed by atoms with E-state index in [1.807, 2.05) is 78.5 Å². The van der Waals surface area contributed by atoms with Gasteiger partial charge in [-0.05, 0) is 80.9 Å². The largest absolute Gasteiger partial charge is 0.208 e. The lowest BCUT2D eigenvalue weighted by atomic mass is 9.67. The number of aromatic nitrogens is 3. The second-order valence-electron chi connectivity index (χ2n) is 13.1. The molecule has 1 aliphatic heterocycles. The summed E-state index contributed by atoms with van der Waals surface area (Å²) in [5, 5.41) is 10.0. The van der Waals surface area contributed by atoms with Crippen molar-refractivity contribution in [1.29, 1.82) is 5.26 Å². The Hall–Kier alpha value is -6.61. The minimum Gasteiger partial charge on any atom is -0.208 e. The van der Waals surface area contributed by atoms with E-state index in [0.717, 1.165) is 38.9 Å². The molecule has 0 fully saturated rings. The van der Waals surface area contributed by atoms with Crippen molar-refractivity contribution >= 4 is 11.8 Å². The van der Waals surface area contributed by atoms with Gasteiger partial charge in [0.2, 0.25) is 0 Å². The summed E-state index contributed by atoms with van der Waals surface area (Å²) in [7, 11) is 0. The van der Waals surface area contributed by atoms with Crippen LogP contribution in [-0.4, -0.2) is 15.0 Å². The van der Waals surface area contributed by atoms with Crippen molar-refractivity contribution < 1.29 is 0 Å². The molecular formula is C47H28N4S. The van der Waals surface area contributed by atoms with Crippen LogP contribution in [0.3, 0.4) is 0 Å². The molecule has 4 nitrogen and oxygen atoms in total. The smallest absolute Gasteiger partial charge is 0.164 e. The zero-order chi connectivity index (χ0) is 34.6. The van der Waals surface area contributed by atoms with Gasteiger partial charge in [0.25, 0.3) is 0 Å². The molecule has 0 amide bonds. The molecule has 2 aliphatic rings. The summed E-state index contributed by atoms with van der Waals surface area (Å²) in [6.07, 6.45) is 0. The van der Waals surface area contributed by atoms with Gasteiger partial charge >= 0.3 is 0 Å². The minimum absolute atomic E-state index is 0.496. The van der Waals surface area contributed by atoms with Crippen LogP contribution in [0.1, 0.15) is 27.8 Å². The van der Waals surface area contributed by atoms with Gasteiger partial charge in [0.1, 0.15) is 0 Å². The molecule has 10 rings (SSSR count). The third kappa shape index (κ3) is 4.66. The van der Waals surface area contributed by atoms with Crippen molar-refractivity contribution in [2.24, 2.45) is 0 Å². The molecule has 242 valence electrons. The van der Waals surface area contributed by atoms with Crippen LogP contribution in [-0.2, 0) is 5.41 Å². The molecule has 2 heterocycles. The molecule has 0 N–H and O–H groups in total. The highest BCUT2D eigenvalue weighted by molar-refractivity contribution is 7.99. The first-order valence-corrected chi connectivity index (χ1v) is 18.1. The summed E-state index contributed by atoms with van der Waals surface area (Å²) in [6.45, 7) is 0. The van der Waals surface area contributed by atoms with Crippen LogP contribution in [0.25, 0.3) is 56.4 Å². The van der Waals surface area contributed by atoms with Crippen LogP contribution >= 0.6 is 11.8 Å². The Bertz CT molecular complexity index is 2630. The van der Waals surface area contributed by atoms with Gasteiger partial charge in [-0.25, -0.2) is 15.0 Å².